The molecule has 0 amide bonds. The summed E-state index contributed by atoms with van der Waals surface area (Å²) in [5.74, 6) is 2.00. The molecule has 6 nitrogen and oxygen atoms in total. The lowest BCUT2D eigenvalue weighted by molar-refractivity contribution is 0.586. The van der Waals surface area contributed by atoms with Gasteiger partial charge in [0.2, 0.25) is 0 Å². The zero-order valence-electron chi connectivity index (χ0n) is 9.97. The van der Waals surface area contributed by atoms with Crippen LogP contribution in [0, 0.1) is 6.92 Å². The van der Waals surface area contributed by atoms with Gasteiger partial charge in [0.25, 0.3) is 0 Å². The highest BCUT2D eigenvalue weighted by atomic mass is 32.2. The summed E-state index contributed by atoms with van der Waals surface area (Å²) in [6.45, 7) is 2.94. The minimum atomic E-state index is -2.85. The van der Waals surface area contributed by atoms with E-state index in [0.29, 0.717) is 13.1 Å². The second-order valence-corrected chi connectivity index (χ2v) is 6.36. The van der Waals surface area contributed by atoms with Crippen LogP contribution in [0.4, 0.5) is 11.6 Å². The minimum absolute atomic E-state index is 0.200. The molecule has 94 valence electrons. The third-order valence-corrected chi connectivity index (χ3v) is 4.55. The molecule has 1 aromatic heterocycles. The Morgan fingerprint density at radius 1 is 1.29 bits per heavy atom. The van der Waals surface area contributed by atoms with E-state index < -0.39 is 9.84 Å². The van der Waals surface area contributed by atoms with Crippen molar-refractivity contribution in [2.24, 2.45) is 0 Å². The van der Waals surface area contributed by atoms with E-state index in [4.69, 9.17) is 0 Å². The van der Waals surface area contributed by atoms with Gasteiger partial charge >= 0.3 is 0 Å². The Morgan fingerprint density at radius 2 is 1.94 bits per heavy atom. The van der Waals surface area contributed by atoms with Crippen molar-refractivity contribution in [3.63, 3.8) is 0 Å². The predicted molar refractivity (Wildman–Crippen MR) is 67.2 cm³/mol. The Morgan fingerprint density at radius 3 is 2.53 bits per heavy atom. The Balaban J connectivity index is 2.24. The van der Waals surface area contributed by atoms with Crippen molar-refractivity contribution in [1.82, 2.24) is 9.97 Å². The summed E-state index contributed by atoms with van der Waals surface area (Å²) in [6, 6.07) is 0. The van der Waals surface area contributed by atoms with E-state index in [-0.39, 0.29) is 11.5 Å². The minimum Gasteiger partial charge on any atom is -0.373 e. The van der Waals surface area contributed by atoms with Crippen molar-refractivity contribution in [3.05, 3.63) is 11.9 Å². The van der Waals surface area contributed by atoms with Gasteiger partial charge in [-0.2, -0.15) is 0 Å². The van der Waals surface area contributed by atoms with Crippen molar-refractivity contribution < 1.29 is 8.42 Å². The van der Waals surface area contributed by atoms with E-state index >= 15 is 0 Å². The number of sulfone groups is 1. The van der Waals surface area contributed by atoms with Gasteiger partial charge in [-0.25, -0.2) is 18.4 Å². The van der Waals surface area contributed by atoms with Gasteiger partial charge in [0, 0.05) is 25.7 Å². The maximum Gasteiger partial charge on any atom is 0.153 e. The van der Waals surface area contributed by atoms with E-state index in [1.165, 1.54) is 6.33 Å². The van der Waals surface area contributed by atoms with E-state index in [1.807, 2.05) is 11.8 Å². The maximum absolute atomic E-state index is 11.4. The molecule has 1 saturated heterocycles. The lowest BCUT2D eigenvalue weighted by Crippen LogP contribution is -2.41. The molecular weight excluding hydrogens is 240 g/mol. The van der Waals surface area contributed by atoms with Gasteiger partial charge in [-0.05, 0) is 6.92 Å². The fraction of sp³-hybridized carbons (Fsp3) is 0.600. The molecule has 0 saturated carbocycles. The van der Waals surface area contributed by atoms with Crippen LogP contribution in [-0.2, 0) is 9.84 Å². The smallest absolute Gasteiger partial charge is 0.153 e. The lowest BCUT2D eigenvalue weighted by Gasteiger charge is -2.29. The molecule has 1 aromatic rings. The summed E-state index contributed by atoms with van der Waals surface area (Å²) in [4.78, 5) is 10.4. The fourth-order valence-electron chi connectivity index (χ4n) is 1.94. The SMILES string of the molecule is CNc1ncnc(N2CCS(=O)(=O)CC2)c1C. The van der Waals surface area contributed by atoms with E-state index in [2.05, 4.69) is 15.3 Å². The summed E-state index contributed by atoms with van der Waals surface area (Å²) in [7, 11) is -1.05. The monoisotopic (exact) mass is 256 g/mol. The molecule has 2 heterocycles. The maximum atomic E-state index is 11.4. The van der Waals surface area contributed by atoms with Crippen molar-refractivity contribution in [2.45, 2.75) is 6.92 Å². The zero-order chi connectivity index (χ0) is 12.5. The quantitative estimate of drug-likeness (QED) is 0.806. The number of rotatable bonds is 2. The van der Waals surface area contributed by atoms with Gasteiger partial charge < -0.3 is 10.2 Å². The van der Waals surface area contributed by atoms with Crippen molar-refractivity contribution >= 4 is 21.5 Å². The molecule has 1 fully saturated rings. The Bertz CT molecular complexity index is 501. The van der Waals surface area contributed by atoms with E-state index in [1.54, 1.807) is 7.05 Å². The van der Waals surface area contributed by atoms with Gasteiger partial charge in [-0.15, -0.1) is 0 Å². The number of aromatic nitrogens is 2. The largest absolute Gasteiger partial charge is 0.373 e. The number of nitrogens with zero attached hydrogens (tertiary/aromatic N) is 3. The molecule has 2 rings (SSSR count). The number of anilines is 2. The molecule has 0 atom stereocenters. The number of hydrogen-bond donors (Lipinski definition) is 1. The first-order valence-corrected chi connectivity index (χ1v) is 7.30. The molecule has 17 heavy (non-hydrogen) atoms. The standard InChI is InChI=1S/C10H16N4O2S/c1-8-9(11-2)12-7-13-10(8)14-3-5-17(15,16)6-4-14/h7H,3-6H2,1-2H3,(H,11,12,13). The van der Waals surface area contributed by atoms with Gasteiger partial charge in [0.15, 0.2) is 9.84 Å². The molecule has 0 radical (unpaired) electrons. The Hall–Kier alpha value is -1.37. The van der Waals surface area contributed by atoms with Crippen LogP contribution >= 0.6 is 0 Å². The molecule has 1 aliphatic rings. The molecule has 1 aliphatic heterocycles. The summed E-state index contributed by atoms with van der Waals surface area (Å²) in [6.07, 6.45) is 1.50. The number of nitrogens with one attached hydrogen (secondary N) is 1. The molecule has 1 N–H and O–H groups in total. The second-order valence-electron chi connectivity index (χ2n) is 4.06. The van der Waals surface area contributed by atoms with Crippen LogP contribution in [0.3, 0.4) is 0 Å². The zero-order valence-corrected chi connectivity index (χ0v) is 10.8. The Labute approximate surface area is 101 Å². The molecule has 0 unspecified atom stereocenters. The summed E-state index contributed by atoms with van der Waals surface area (Å²) < 4.78 is 22.7. The molecule has 0 aliphatic carbocycles. The summed E-state index contributed by atoms with van der Waals surface area (Å²) in [5.41, 5.74) is 0.953. The second kappa shape index (κ2) is 4.48. The van der Waals surface area contributed by atoms with Gasteiger partial charge in [0.1, 0.15) is 18.0 Å². The fourth-order valence-corrected chi connectivity index (χ4v) is 3.14. The van der Waals surface area contributed by atoms with Crippen LogP contribution in [0.2, 0.25) is 0 Å². The van der Waals surface area contributed by atoms with Crippen LogP contribution in [0.1, 0.15) is 5.56 Å². The highest BCUT2D eigenvalue weighted by Gasteiger charge is 2.24. The Kier molecular flexibility index (Phi) is 3.19. The van der Waals surface area contributed by atoms with Gasteiger partial charge in [0.05, 0.1) is 11.5 Å². The van der Waals surface area contributed by atoms with Crippen LogP contribution < -0.4 is 10.2 Å². The summed E-state index contributed by atoms with van der Waals surface area (Å²) in [5, 5.41) is 2.99. The molecule has 0 bridgehead atoms. The van der Waals surface area contributed by atoms with Crippen LogP contribution in [0.15, 0.2) is 6.33 Å². The van der Waals surface area contributed by atoms with Crippen LogP contribution in [-0.4, -0.2) is 50.0 Å². The third kappa shape index (κ3) is 2.49. The molecular formula is C10H16N4O2S. The first-order chi connectivity index (χ1) is 8.03. The lowest BCUT2D eigenvalue weighted by atomic mass is 10.3. The molecule has 0 aromatic carbocycles. The van der Waals surface area contributed by atoms with Crippen molar-refractivity contribution in [1.29, 1.82) is 0 Å². The molecule has 7 heteroatoms. The topological polar surface area (TPSA) is 75.2 Å². The van der Waals surface area contributed by atoms with Crippen LogP contribution in [0.5, 0.6) is 0 Å². The van der Waals surface area contributed by atoms with Crippen LogP contribution in [0.25, 0.3) is 0 Å². The molecule has 0 spiro atoms. The average molecular weight is 256 g/mol. The third-order valence-electron chi connectivity index (χ3n) is 2.94. The average Bonchev–Trinajstić information content (AvgIpc) is 2.30. The van der Waals surface area contributed by atoms with Crippen molar-refractivity contribution in [3.8, 4) is 0 Å². The van der Waals surface area contributed by atoms with E-state index in [9.17, 15) is 8.42 Å². The van der Waals surface area contributed by atoms with Gasteiger partial charge in [-0.3, -0.25) is 0 Å². The summed E-state index contributed by atoms with van der Waals surface area (Å²) >= 11 is 0. The van der Waals surface area contributed by atoms with Crippen molar-refractivity contribution in [2.75, 3.05) is 41.9 Å². The first kappa shape index (κ1) is 12.1. The highest BCUT2D eigenvalue weighted by Crippen LogP contribution is 2.23. The first-order valence-electron chi connectivity index (χ1n) is 5.48. The van der Waals surface area contributed by atoms with Gasteiger partial charge in [-0.1, -0.05) is 0 Å². The normalized spacial score (nSPS) is 19.1. The van der Waals surface area contributed by atoms with E-state index in [0.717, 1.165) is 17.2 Å². The highest BCUT2D eigenvalue weighted by molar-refractivity contribution is 7.91. The number of hydrogen-bond acceptors (Lipinski definition) is 6. The predicted octanol–water partition coefficient (Wildman–Crippen LogP) is 0.0615.